The van der Waals surface area contributed by atoms with Crippen LogP contribution in [0.5, 0.6) is 17.2 Å². The van der Waals surface area contributed by atoms with Crippen LogP contribution in [0.3, 0.4) is 0 Å². The molecule has 48 heavy (non-hydrogen) atoms. The Hall–Kier alpha value is -5.28. The van der Waals surface area contributed by atoms with Crippen LogP contribution in [0.4, 0.5) is 0 Å². The molecule has 0 fully saturated rings. The fourth-order valence-electron chi connectivity index (χ4n) is 7.65. The first-order chi connectivity index (χ1) is 22.5. The van der Waals surface area contributed by atoms with Crippen LogP contribution in [0.1, 0.15) is 106 Å². The van der Waals surface area contributed by atoms with Gasteiger partial charge >= 0.3 is 17.9 Å². The normalized spacial score (nSPS) is 24.3. The first kappa shape index (κ1) is 32.7. The highest BCUT2D eigenvalue weighted by Gasteiger charge is 2.61. The Morgan fingerprint density at radius 1 is 1.00 bits per heavy atom. The SMILES string of the molecule is COC(=O)CC1Cc2cc3c(c(O)c2C(C)O1)C(=O)C1CC3(OC(C)=O)c2c(O)c3c(c(O)c21)C(=O)C(=O)C(CC(O)CC(=O)O)=C3O. The summed E-state index contributed by atoms with van der Waals surface area (Å²) in [5, 5.41) is 65.5. The Morgan fingerprint density at radius 3 is 2.29 bits per heavy atom. The second kappa shape index (κ2) is 11.2. The van der Waals surface area contributed by atoms with Crippen LogP contribution < -0.4 is 0 Å². The van der Waals surface area contributed by atoms with Crippen LogP contribution in [-0.4, -0.2) is 85.2 Å². The maximum absolute atomic E-state index is 14.1. The number of carbonyl (C=O) groups excluding carboxylic acids is 5. The standard InChI is InChI=1S/C33H30O15/c1-10-20-12(4-14(47-10)8-19(38)46-3)5-17-22(29(20)42)27(40)16-9-33(17,48-11(2)34)25-21(16)30(43)24-23(31(25)44)26(39)15(28(41)32(24)45)6-13(35)7-18(36)37/h5,10,13-14,16,35,39,42-44H,4,6-9H2,1-3H3,(H,36,37). The topological polar surface area (TPSA) is 251 Å². The second-order valence-electron chi connectivity index (χ2n) is 12.3. The van der Waals surface area contributed by atoms with Gasteiger partial charge in [-0.3, -0.25) is 28.8 Å². The number of aliphatic carboxylic acids is 1. The van der Waals surface area contributed by atoms with E-state index in [2.05, 4.69) is 0 Å². The molecule has 0 saturated heterocycles. The van der Waals surface area contributed by atoms with Gasteiger partial charge < -0.3 is 44.8 Å². The summed E-state index contributed by atoms with van der Waals surface area (Å²) >= 11 is 0. The van der Waals surface area contributed by atoms with Crippen LogP contribution in [0, 0.1) is 0 Å². The van der Waals surface area contributed by atoms with E-state index in [1.54, 1.807) is 6.92 Å². The summed E-state index contributed by atoms with van der Waals surface area (Å²) in [6, 6.07) is 1.48. The monoisotopic (exact) mass is 666 g/mol. The third kappa shape index (κ3) is 4.56. The number of hydrogen-bond donors (Lipinski definition) is 6. The molecule has 3 aliphatic carbocycles. The number of benzene rings is 2. The molecule has 6 rings (SSSR count). The Bertz CT molecular complexity index is 1920. The van der Waals surface area contributed by atoms with Crippen LogP contribution in [-0.2, 0) is 45.4 Å². The minimum Gasteiger partial charge on any atom is -0.507 e. The highest BCUT2D eigenvalue weighted by molar-refractivity contribution is 6.53. The summed E-state index contributed by atoms with van der Waals surface area (Å²) in [7, 11) is 1.21. The van der Waals surface area contributed by atoms with Crippen molar-refractivity contribution in [2.24, 2.45) is 0 Å². The van der Waals surface area contributed by atoms with Gasteiger partial charge in [-0.2, -0.15) is 0 Å². The number of esters is 2. The van der Waals surface area contributed by atoms with Crippen LogP contribution in [0.2, 0.25) is 0 Å². The molecule has 6 N–H and O–H groups in total. The van der Waals surface area contributed by atoms with E-state index in [-0.39, 0.29) is 40.7 Å². The van der Waals surface area contributed by atoms with Crippen molar-refractivity contribution in [2.45, 2.75) is 75.8 Å². The number of rotatable bonds is 7. The largest absolute Gasteiger partial charge is 0.507 e. The predicted octanol–water partition coefficient (Wildman–Crippen LogP) is 2.12. The number of phenolic OH excluding ortho intramolecular Hbond substituents is 3. The molecule has 0 amide bonds. The lowest BCUT2D eigenvalue weighted by Gasteiger charge is -2.38. The number of ether oxygens (including phenoxy) is 3. The molecule has 0 radical (unpaired) electrons. The molecule has 1 aliphatic heterocycles. The third-order valence-electron chi connectivity index (χ3n) is 9.42. The Labute approximate surface area is 271 Å². The number of aliphatic hydroxyl groups excluding tert-OH is 2. The molecule has 5 unspecified atom stereocenters. The van der Waals surface area contributed by atoms with Gasteiger partial charge in [-0.25, -0.2) is 0 Å². The van der Waals surface area contributed by atoms with Gasteiger partial charge in [0.25, 0.3) is 0 Å². The van der Waals surface area contributed by atoms with Gasteiger partial charge in [-0.1, -0.05) is 0 Å². The molecule has 1 heterocycles. The zero-order valence-electron chi connectivity index (χ0n) is 25.8. The summed E-state index contributed by atoms with van der Waals surface area (Å²) < 4.78 is 16.5. The van der Waals surface area contributed by atoms with Crippen molar-refractivity contribution < 1.29 is 73.6 Å². The molecule has 4 aliphatic rings. The van der Waals surface area contributed by atoms with Crippen molar-refractivity contribution in [2.75, 3.05) is 7.11 Å². The fraction of sp³-hybridized carbons (Fsp3) is 0.394. The molecule has 2 bridgehead atoms. The number of carboxylic acids is 1. The van der Waals surface area contributed by atoms with Crippen molar-refractivity contribution in [3.8, 4) is 17.2 Å². The van der Waals surface area contributed by atoms with E-state index in [4.69, 9.17) is 19.3 Å². The number of methoxy groups -OCH3 is 1. The highest BCUT2D eigenvalue weighted by atomic mass is 16.6. The number of aliphatic hydroxyl groups is 2. The summed E-state index contributed by atoms with van der Waals surface area (Å²) in [5.41, 5.74) is -4.87. The third-order valence-corrected chi connectivity index (χ3v) is 9.42. The quantitative estimate of drug-likeness (QED) is 0.141. The Kier molecular flexibility index (Phi) is 7.59. The minimum absolute atomic E-state index is 0.0554. The molecule has 0 aromatic heterocycles. The zero-order valence-corrected chi connectivity index (χ0v) is 25.8. The lowest BCUT2D eigenvalue weighted by atomic mass is 9.73. The van der Waals surface area contributed by atoms with Crippen molar-refractivity contribution in [3.63, 3.8) is 0 Å². The van der Waals surface area contributed by atoms with Crippen molar-refractivity contribution in [1.82, 2.24) is 0 Å². The minimum atomic E-state index is -2.08. The van der Waals surface area contributed by atoms with Crippen molar-refractivity contribution >= 4 is 41.0 Å². The van der Waals surface area contributed by atoms with Crippen LogP contribution in [0.25, 0.3) is 5.76 Å². The van der Waals surface area contributed by atoms with Gasteiger partial charge in [0, 0.05) is 42.0 Å². The molecule has 2 aromatic carbocycles. The van der Waals surface area contributed by atoms with Gasteiger partial charge in [-0.15, -0.1) is 0 Å². The van der Waals surface area contributed by atoms with Gasteiger partial charge in [0.05, 0.1) is 66.4 Å². The van der Waals surface area contributed by atoms with E-state index in [9.17, 15) is 54.3 Å². The van der Waals surface area contributed by atoms with Gasteiger partial charge in [0.2, 0.25) is 11.6 Å². The number of Topliss-reactive ketones (excluding diaryl/α,β-unsaturated/α-hetero) is 3. The lowest BCUT2D eigenvalue weighted by molar-refractivity contribution is -0.154. The summed E-state index contributed by atoms with van der Waals surface area (Å²) in [4.78, 5) is 76.4. The van der Waals surface area contributed by atoms with Crippen LogP contribution >= 0.6 is 0 Å². The van der Waals surface area contributed by atoms with E-state index in [0.717, 1.165) is 6.92 Å². The molecule has 0 spiro atoms. The van der Waals surface area contributed by atoms with E-state index in [1.165, 1.54) is 13.2 Å². The summed E-state index contributed by atoms with van der Waals surface area (Å²) in [6.45, 7) is 2.65. The van der Waals surface area contributed by atoms with Crippen LogP contribution in [0.15, 0.2) is 11.6 Å². The number of aromatic hydroxyl groups is 3. The Balaban J connectivity index is 1.62. The smallest absolute Gasteiger partial charge is 0.308 e. The van der Waals surface area contributed by atoms with Gasteiger partial charge in [0.1, 0.15) is 23.0 Å². The average Bonchev–Trinajstić information content (AvgIpc) is 3.30. The second-order valence-corrected chi connectivity index (χ2v) is 12.3. The first-order valence-corrected chi connectivity index (χ1v) is 14.9. The molecule has 2 aromatic rings. The fourth-order valence-corrected chi connectivity index (χ4v) is 7.65. The zero-order chi connectivity index (χ0) is 35.1. The average molecular weight is 667 g/mol. The molecular weight excluding hydrogens is 636 g/mol. The summed E-state index contributed by atoms with van der Waals surface area (Å²) in [5.74, 6) is -11.3. The van der Waals surface area contributed by atoms with Crippen molar-refractivity contribution in [3.05, 3.63) is 56.1 Å². The van der Waals surface area contributed by atoms with E-state index in [1.807, 2.05) is 0 Å². The van der Waals surface area contributed by atoms with E-state index < -0.39 is 124 Å². The van der Waals surface area contributed by atoms with E-state index in [0.29, 0.717) is 5.56 Å². The maximum Gasteiger partial charge on any atom is 0.308 e. The first-order valence-electron chi connectivity index (χ1n) is 14.9. The number of ketones is 3. The number of carbonyl (C=O) groups is 6. The molecule has 252 valence electrons. The summed E-state index contributed by atoms with van der Waals surface area (Å²) in [6.07, 6.45) is -5.36. The Morgan fingerprint density at radius 2 is 1.67 bits per heavy atom. The number of hydrogen-bond acceptors (Lipinski definition) is 14. The van der Waals surface area contributed by atoms with E-state index >= 15 is 0 Å². The molecule has 15 heteroatoms. The van der Waals surface area contributed by atoms with Crippen molar-refractivity contribution in [1.29, 1.82) is 0 Å². The van der Waals surface area contributed by atoms with Gasteiger partial charge in [0.15, 0.2) is 11.4 Å². The lowest BCUT2D eigenvalue weighted by Crippen LogP contribution is -2.38. The number of carboxylic acid groups (broad SMARTS) is 1. The van der Waals surface area contributed by atoms with Gasteiger partial charge in [-0.05, 0) is 25.0 Å². The number of fused-ring (bicyclic) bond motifs is 9. The molecular formula is C33H30O15. The number of phenols is 3. The maximum atomic E-state index is 14.1. The molecule has 15 nitrogen and oxygen atoms in total. The molecule has 5 atom stereocenters. The molecule has 0 saturated carbocycles. The predicted molar refractivity (Wildman–Crippen MR) is 158 cm³/mol. The highest BCUT2D eigenvalue weighted by Crippen LogP contribution is 2.65.